The summed E-state index contributed by atoms with van der Waals surface area (Å²) in [6, 6.07) is 1.25. The first-order valence-corrected chi connectivity index (χ1v) is 3.59. The Morgan fingerprint density at radius 2 is 1.87 bits per heavy atom. The van der Waals surface area contributed by atoms with E-state index in [1.165, 1.54) is 0 Å². The lowest BCUT2D eigenvalue weighted by Crippen LogP contribution is -2.18. The number of hydrogen-bond acceptors (Lipinski definition) is 3. The van der Waals surface area contributed by atoms with Gasteiger partial charge in [0.25, 0.3) is 6.43 Å². The van der Waals surface area contributed by atoms with E-state index in [0.29, 0.717) is 6.07 Å². The molecule has 8 heteroatoms. The largest absolute Gasteiger partial charge is 0.574 e. The van der Waals surface area contributed by atoms with Gasteiger partial charge in [0, 0.05) is 11.6 Å². The molecule has 0 saturated carbocycles. The van der Waals surface area contributed by atoms with Crippen LogP contribution in [0.3, 0.4) is 0 Å². The number of aromatic nitrogens is 1. The van der Waals surface area contributed by atoms with E-state index >= 15 is 0 Å². The summed E-state index contributed by atoms with van der Waals surface area (Å²) in [7, 11) is 0. The summed E-state index contributed by atoms with van der Waals surface area (Å²) in [6.07, 6.45) is -7.92. The summed E-state index contributed by atoms with van der Waals surface area (Å²) >= 11 is 0. The molecule has 0 unspecified atom stereocenters. The minimum atomic E-state index is -4.99. The number of halogens is 5. The van der Waals surface area contributed by atoms with Crippen LogP contribution in [0.1, 0.15) is 12.0 Å². The van der Waals surface area contributed by atoms with Gasteiger partial charge in [0.2, 0.25) is 5.88 Å². The maximum atomic E-state index is 12.1. The van der Waals surface area contributed by atoms with Crippen LogP contribution < -0.4 is 10.5 Å². The SMILES string of the molecule is Nc1cc(C(F)F)cc(OC(F)(F)F)n1. The smallest absolute Gasteiger partial charge is 0.388 e. The van der Waals surface area contributed by atoms with Crippen molar-refractivity contribution in [3.8, 4) is 5.88 Å². The molecule has 0 amide bonds. The van der Waals surface area contributed by atoms with Gasteiger partial charge >= 0.3 is 6.36 Å². The van der Waals surface area contributed by atoms with Crippen molar-refractivity contribution < 1.29 is 26.7 Å². The molecule has 3 nitrogen and oxygen atoms in total. The third-order valence-electron chi connectivity index (χ3n) is 1.32. The second-order valence-corrected chi connectivity index (χ2v) is 2.51. The molecule has 0 aliphatic heterocycles. The number of hydrogen-bond donors (Lipinski definition) is 1. The molecule has 1 aromatic heterocycles. The average Bonchev–Trinajstić information content (AvgIpc) is 1.99. The predicted molar refractivity (Wildman–Crippen MR) is 40.3 cm³/mol. The second kappa shape index (κ2) is 3.87. The van der Waals surface area contributed by atoms with Crippen LogP contribution in [0, 0.1) is 0 Å². The Morgan fingerprint density at radius 3 is 2.33 bits per heavy atom. The molecule has 2 N–H and O–H groups in total. The summed E-state index contributed by atoms with van der Waals surface area (Å²) in [5.41, 5.74) is 4.35. The van der Waals surface area contributed by atoms with E-state index in [-0.39, 0.29) is 0 Å². The standard InChI is InChI=1S/C7H5F5N2O/c8-6(9)3-1-4(13)14-5(2-3)15-7(10,11)12/h1-2,6H,(H2,13,14). The van der Waals surface area contributed by atoms with Crippen LogP contribution in [-0.4, -0.2) is 11.3 Å². The van der Waals surface area contributed by atoms with Crippen LogP contribution in [-0.2, 0) is 0 Å². The molecule has 1 rings (SSSR count). The molecule has 0 aliphatic rings. The summed E-state index contributed by atoms with van der Waals surface area (Å²) in [6.45, 7) is 0. The number of nitrogens with two attached hydrogens (primary N) is 1. The number of anilines is 1. The van der Waals surface area contributed by atoms with Crippen molar-refractivity contribution in [2.75, 3.05) is 5.73 Å². The molecule has 84 valence electrons. The number of ether oxygens (including phenoxy) is 1. The van der Waals surface area contributed by atoms with Crippen LogP contribution in [0.4, 0.5) is 27.8 Å². The van der Waals surface area contributed by atoms with Crippen LogP contribution in [0.15, 0.2) is 12.1 Å². The maximum absolute atomic E-state index is 12.1. The van der Waals surface area contributed by atoms with E-state index in [1.54, 1.807) is 0 Å². The highest BCUT2D eigenvalue weighted by molar-refractivity contribution is 5.37. The predicted octanol–water partition coefficient (Wildman–Crippen LogP) is 2.50. The third kappa shape index (κ3) is 3.56. The molecule has 0 fully saturated rings. The van der Waals surface area contributed by atoms with Gasteiger partial charge in [0.15, 0.2) is 0 Å². The lowest BCUT2D eigenvalue weighted by molar-refractivity contribution is -0.276. The van der Waals surface area contributed by atoms with Gasteiger partial charge in [-0.3, -0.25) is 0 Å². The van der Waals surface area contributed by atoms with Crippen LogP contribution in [0.5, 0.6) is 5.88 Å². The Hall–Kier alpha value is -1.60. The highest BCUT2D eigenvalue weighted by Gasteiger charge is 2.32. The van der Waals surface area contributed by atoms with E-state index in [0.717, 1.165) is 6.07 Å². The topological polar surface area (TPSA) is 48.1 Å². The minimum absolute atomic E-state index is 0.466. The van der Waals surface area contributed by atoms with Gasteiger partial charge in [-0.15, -0.1) is 13.2 Å². The summed E-state index contributed by atoms with van der Waals surface area (Å²) in [5.74, 6) is -1.47. The summed E-state index contributed by atoms with van der Waals surface area (Å²) in [5, 5.41) is 0. The van der Waals surface area contributed by atoms with E-state index < -0.39 is 30.0 Å². The highest BCUT2D eigenvalue weighted by Crippen LogP contribution is 2.27. The molecule has 0 aromatic carbocycles. The lowest BCUT2D eigenvalue weighted by atomic mass is 10.2. The van der Waals surface area contributed by atoms with Crippen LogP contribution in [0.25, 0.3) is 0 Å². The molecule has 0 atom stereocenters. The molecular formula is C7H5F5N2O. The fraction of sp³-hybridized carbons (Fsp3) is 0.286. The first kappa shape index (κ1) is 11.5. The van der Waals surface area contributed by atoms with E-state index in [2.05, 4.69) is 9.72 Å². The van der Waals surface area contributed by atoms with Crippen molar-refractivity contribution in [2.24, 2.45) is 0 Å². The van der Waals surface area contributed by atoms with Gasteiger partial charge in [0.05, 0.1) is 0 Å². The van der Waals surface area contributed by atoms with Gasteiger partial charge in [-0.1, -0.05) is 0 Å². The summed E-state index contributed by atoms with van der Waals surface area (Å²) < 4.78 is 62.8. The maximum Gasteiger partial charge on any atom is 0.574 e. The van der Waals surface area contributed by atoms with Crippen molar-refractivity contribution in [1.29, 1.82) is 0 Å². The zero-order chi connectivity index (χ0) is 11.6. The Bertz CT molecular complexity index is 352. The molecule has 0 spiro atoms. The number of nitrogen functional groups attached to an aromatic ring is 1. The zero-order valence-corrected chi connectivity index (χ0v) is 7.05. The summed E-state index contributed by atoms with van der Waals surface area (Å²) in [4.78, 5) is 3.10. The molecule has 1 heterocycles. The van der Waals surface area contributed by atoms with Crippen LogP contribution >= 0.6 is 0 Å². The number of pyridine rings is 1. The number of alkyl halides is 5. The molecule has 0 aliphatic carbocycles. The van der Waals surface area contributed by atoms with Gasteiger partial charge < -0.3 is 10.5 Å². The van der Waals surface area contributed by atoms with Crippen molar-refractivity contribution in [3.63, 3.8) is 0 Å². The first-order chi connectivity index (χ1) is 6.78. The monoisotopic (exact) mass is 228 g/mol. The van der Waals surface area contributed by atoms with E-state index in [1.807, 2.05) is 0 Å². The normalized spacial score (nSPS) is 11.9. The van der Waals surface area contributed by atoms with E-state index in [4.69, 9.17) is 5.73 Å². The Kier molecular flexibility index (Phi) is 2.96. The first-order valence-electron chi connectivity index (χ1n) is 3.59. The Balaban J connectivity index is 2.99. The van der Waals surface area contributed by atoms with Gasteiger partial charge in [0.1, 0.15) is 5.82 Å². The van der Waals surface area contributed by atoms with Crippen molar-refractivity contribution in [1.82, 2.24) is 4.98 Å². The number of nitrogens with zero attached hydrogens (tertiary/aromatic N) is 1. The van der Waals surface area contributed by atoms with Crippen molar-refractivity contribution in [3.05, 3.63) is 17.7 Å². The number of rotatable bonds is 2. The van der Waals surface area contributed by atoms with Crippen molar-refractivity contribution >= 4 is 5.82 Å². The molecule has 15 heavy (non-hydrogen) atoms. The molecule has 0 bridgehead atoms. The minimum Gasteiger partial charge on any atom is -0.388 e. The van der Waals surface area contributed by atoms with Gasteiger partial charge in [-0.25, -0.2) is 8.78 Å². The van der Waals surface area contributed by atoms with E-state index in [9.17, 15) is 22.0 Å². The lowest BCUT2D eigenvalue weighted by Gasteiger charge is -2.09. The van der Waals surface area contributed by atoms with Gasteiger partial charge in [-0.05, 0) is 6.07 Å². The quantitative estimate of drug-likeness (QED) is 0.791. The molecule has 0 radical (unpaired) electrons. The third-order valence-corrected chi connectivity index (χ3v) is 1.32. The van der Waals surface area contributed by atoms with Crippen LogP contribution in [0.2, 0.25) is 0 Å². The fourth-order valence-electron chi connectivity index (χ4n) is 0.844. The Morgan fingerprint density at radius 1 is 1.27 bits per heavy atom. The van der Waals surface area contributed by atoms with Gasteiger partial charge in [-0.2, -0.15) is 4.98 Å². The Labute approximate surface area is 80.7 Å². The average molecular weight is 228 g/mol. The molecule has 0 saturated heterocycles. The molecular weight excluding hydrogens is 223 g/mol. The fourth-order valence-corrected chi connectivity index (χ4v) is 0.844. The molecule has 1 aromatic rings. The second-order valence-electron chi connectivity index (χ2n) is 2.51. The zero-order valence-electron chi connectivity index (χ0n) is 7.05. The van der Waals surface area contributed by atoms with Crippen molar-refractivity contribution in [2.45, 2.75) is 12.8 Å². The highest BCUT2D eigenvalue weighted by atomic mass is 19.4.